The number of nitrogens with one attached hydrogen (secondary N) is 1. The fraction of sp³-hybridized carbons (Fsp3) is 0.167. The van der Waals surface area contributed by atoms with Crippen molar-refractivity contribution < 1.29 is 13.5 Å². The van der Waals surface area contributed by atoms with E-state index in [1.54, 1.807) is 0 Å². The zero-order chi connectivity index (χ0) is 8.27. The minimum atomic E-state index is -2.91. The molecule has 5 heteroatoms. The van der Waals surface area contributed by atoms with Crippen molar-refractivity contribution in [1.82, 2.24) is 4.98 Å². The van der Waals surface area contributed by atoms with Gasteiger partial charge in [0.25, 0.3) is 5.56 Å². The molecule has 11 heavy (non-hydrogen) atoms. The molecule has 0 unspecified atom stereocenters. The molecule has 0 aliphatic heterocycles. The SMILES string of the molecule is O=c1cccc(OC(F)F)[nH]1. The maximum atomic E-state index is 11.5. The predicted molar refractivity (Wildman–Crippen MR) is 33.7 cm³/mol. The summed E-state index contributed by atoms with van der Waals surface area (Å²) < 4.78 is 26.9. The van der Waals surface area contributed by atoms with Crippen molar-refractivity contribution in [2.45, 2.75) is 6.61 Å². The van der Waals surface area contributed by atoms with Gasteiger partial charge in [-0.2, -0.15) is 8.78 Å². The fourth-order valence-electron chi connectivity index (χ4n) is 0.592. The van der Waals surface area contributed by atoms with Crippen molar-refractivity contribution >= 4 is 0 Å². The van der Waals surface area contributed by atoms with Crippen molar-refractivity contribution in [1.29, 1.82) is 0 Å². The van der Waals surface area contributed by atoms with Gasteiger partial charge < -0.3 is 4.74 Å². The van der Waals surface area contributed by atoms with Gasteiger partial charge in [-0.25, -0.2) is 0 Å². The molecule has 0 atom stereocenters. The van der Waals surface area contributed by atoms with E-state index in [9.17, 15) is 13.6 Å². The lowest BCUT2D eigenvalue weighted by atomic mass is 10.5. The first-order valence-electron chi connectivity index (χ1n) is 2.82. The Hall–Kier alpha value is -1.39. The summed E-state index contributed by atoms with van der Waals surface area (Å²) in [6.45, 7) is -2.91. The Morgan fingerprint density at radius 2 is 2.18 bits per heavy atom. The summed E-state index contributed by atoms with van der Waals surface area (Å²) in [5, 5.41) is 0. The largest absolute Gasteiger partial charge is 0.419 e. The summed E-state index contributed by atoms with van der Waals surface area (Å²) in [6, 6.07) is 3.78. The lowest BCUT2D eigenvalue weighted by Crippen LogP contribution is -2.09. The second kappa shape index (κ2) is 3.14. The summed E-state index contributed by atoms with van der Waals surface area (Å²) in [7, 11) is 0. The Bertz CT molecular complexity index is 284. The molecule has 60 valence electrons. The van der Waals surface area contributed by atoms with Crippen LogP contribution in [-0.4, -0.2) is 11.6 Å². The number of aromatic nitrogens is 1. The first-order valence-corrected chi connectivity index (χ1v) is 2.82. The Balaban J connectivity index is 2.80. The van der Waals surface area contributed by atoms with Crippen LogP contribution >= 0.6 is 0 Å². The highest BCUT2D eigenvalue weighted by molar-refractivity contribution is 5.09. The topological polar surface area (TPSA) is 42.1 Å². The third-order valence-corrected chi connectivity index (χ3v) is 0.958. The average molecular weight is 161 g/mol. The van der Waals surface area contributed by atoms with Crippen LogP contribution in [0.25, 0.3) is 0 Å². The molecule has 0 spiro atoms. The molecule has 1 aromatic heterocycles. The Labute approximate surface area is 60.6 Å². The van der Waals surface area contributed by atoms with Crippen LogP contribution in [0, 0.1) is 0 Å². The molecule has 1 heterocycles. The van der Waals surface area contributed by atoms with Gasteiger partial charge in [0.1, 0.15) is 0 Å². The van der Waals surface area contributed by atoms with Gasteiger partial charge in [0.05, 0.1) is 0 Å². The maximum Gasteiger partial charge on any atom is 0.388 e. The van der Waals surface area contributed by atoms with Crippen LogP contribution < -0.4 is 10.3 Å². The van der Waals surface area contributed by atoms with Crippen LogP contribution in [-0.2, 0) is 0 Å². The Morgan fingerprint density at radius 1 is 1.45 bits per heavy atom. The summed E-state index contributed by atoms with van der Waals surface area (Å²) in [5.41, 5.74) is -0.469. The predicted octanol–water partition coefficient (Wildman–Crippen LogP) is 0.976. The van der Waals surface area contributed by atoms with Crippen molar-refractivity contribution in [2.75, 3.05) is 0 Å². The number of hydrogen-bond acceptors (Lipinski definition) is 2. The summed E-state index contributed by atoms with van der Waals surface area (Å²) in [4.78, 5) is 12.6. The molecule has 0 saturated heterocycles. The normalized spacial score (nSPS) is 10.1. The number of ether oxygens (including phenoxy) is 1. The maximum absolute atomic E-state index is 11.5. The van der Waals surface area contributed by atoms with Gasteiger partial charge in [-0.05, 0) is 6.07 Å². The number of rotatable bonds is 2. The van der Waals surface area contributed by atoms with E-state index in [0.29, 0.717) is 0 Å². The van der Waals surface area contributed by atoms with Gasteiger partial charge >= 0.3 is 6.61 Å². The van der Waals surface area contributed by atoms with E-state index in [0.717, 1.165) is 0 Å². The van der Waals surface area contributed by atoms with Gasteiger partial charge in [0.2, 0.25) is 0 Å². The van der Waals surface area contributed by atoms with Crippen LogP contribution in [0.1, 0.15) is 0 Å². The van der Waals surface area contributed by atoms with Crippen molar-refractivity contribution in [3.8, 4) is 5.88 Å². The minimum Gasteiger partial charge on any atom is -0.419 e. The molecule has 0 amide bonds. The molecule has 3 nitrogen and oxygen atoms in total. The molecular weight excluding hydrogens is 156 g/mol. The highest BCUT2D eigenvalue weighted by Crippen LogP contribution is 2.05. The molecule has 1 rings (SSSR count). The van der Waals surface area contributed by atoms with E-state index in [-0.39, 0.29) is 5.88 Å². The second-order valence-electron chi connectivity index (χ2n) is 1.76. The minimum absolute atomic E-state index is 0.229. The smallest absolute Gasteiger partial charge is 0.388 e. The zero-order valence-corrected chi connectivity index (χ0v) is 5.38. The molecule has 1 aromatic rings. The van der Waals surface area contributed by atoms with Crippen LogP contribution in [0.15, 0.2) is 23.0 Å². The number of halogens is 2. The molecule has 0 aromatic carbocycles. The van der Waals surface area contributed by atoms with Crippen LogP contribution in [0.3, 0.4) is 0 Å². The van der Waals surface area contributed by atoms with Gasteiger partial charge in [-0.15, -0.1) is 0 Å². The number of H-pyrrole nitrogens is 1. The highest BCUT2D eigenvalue weighted by Gasteiger charge is 2.02. The summed E-state index contributed by atoms with van der Waals surface area (Å²) in [5.74, 6) is -0.229. The number of pyridine rings is 1. The van der Waals surface area contributed by atoms with E-state index < -0.39 is 12.2 Å². The fourth-order valence-corrected chi connectivity index (χ4v) is 0.592. The van der Waals surface area contributed by atoms with Gasteiger partial charge in [-0.1, -0.05) is 6.07 Å². The Kier molecular flexibility index (Phi) is 2.20. The van der Waals surface area contributed by atoms with E-state index in [1.165, 1.54) is 18.2 Å². The molecule has 0 fully saturated rings. The second-order valence-corrected chi connectivity index (χ2v) is 1.76. The zero-order valence-electron chi connectivity index (χ0n) is 5.38. The van der Waals surface area contributed by atoms with Gasteiger partial charge in [-0.3, -0.25) is 9.78 Å². The van der Waals surface area contributed by atoms with Crippen LogP contribution in [0.2, 0.25) is 0 Å². The van der Waals surface area contributed by atoms with E-state index >= 15 is 0 Å². The van der Waals surface area contributed by atoms with Crippen LogP contribution in [0.5, 0.6) is 5.88 Å². The van der Waals surface area contributed by atoms with Gasteiger partial charge in [0.15, 0.2) is 5.88 Å². The van der Waals surface area contributed by atoms with E-state index in [1.807, 2.05) is 0 Å². The molecule has 0 bridgehead atoms. The number of hydrogen-bond donors (Lipinski definition) is 1. The lowest BCUT2D eigenvalue weighted by molar-refractivity contribution is -0.0529. The average Bonchev–Trinajstić information content (AvgIpc) is 1.85. The number of alkyl halides is 2. The third-order valence-electron chi connectivity index (χ3n) is 0.958. The van der Waals surface area contributed by atoms with Gasteiger partial charge in [0, 0.05) is 6.07 Å². The number of aromatic amines is 1. The molecule has 1 N–H and O–H groups in total. The first-order chi connectivity index (χ1) is 5.18. The molecular formula is C6H5F2NO2. The van der Waals surface area contributed by atoms with E-state index in [2.05, 4.69) is 9.72 Å². The quantitative estimate of drug-likeness (QED) is 0.702. The standard InChI is InChI=1S/C6H5F2NO2/c7-6(8)11-5-3-1-2-4(10)9-5/h1-3,6H,(H,9,10). The van der Waals surface area contributed by atoms with Crippen molar-refractivity contribution in [3.05, 3.63) is 28.6 Å². The molecule has 0 saturated carbocycles. The van der Waals surface area contributed by atoms with Crippen LogP contribution in [0.4, 0.5) is 8.78 Å². The van der Waals surface area contributed by atoms with Crippen molar-refractivity contribution in [3.63, 3.8) is 0 Å². The Morgan fingerprint density at radius 3 is 2.73 bits per heavy atom. The molecule has 0 aliphatic rings. The highest BCUT2D eigenvalue weighted by atomic mass is 19.3. The van der Waals surface area contributed by atoms with E-state index in [4.69, 9.17) is 0 Å². The molecule has 0 radical (unpaired) electrons. The molecule has 0 aliphatic carbocycles. The first kappa shape index (κ1) is 7.71. The lowest BCUT2D eigenvalue weighted by Gasteiger charge is -2.01. The summed E-state index contributed by atoms with van der Waals surface area (Å²) in [6.07, 6.45) is 0. The van der Waals surface area contributed by atoms with Crippen molar-refractivity contribution in [2.24, 2.45) is 0 Å². The third kappa shape index (κ3) is 2.37. The monoisotopic (exact) mass is 161 g/mol. The summed E-state index contributed by atoms with van der Waals surface area (Å²) >= 11 is 0.